The number of rotatable bonds is 7. The van der Waals surface area contributed by atoms with E-state index in [-0.39, 0.29) is 11.5 Å². The van der Waals surface area contributed by atoms with Crippen LogP contribution in [0.5, 0.6) is 0 Å². The molecule has 0 aliphatic carbocycles. The summed E-state index contributed by atoms with van der Waals surface area (Å²) in [4.78, 5) is 0.338. The van der Waals surface area contributed by atoms with Gasteiger partial charge in [0.1, 0.15) is 0 Å². The molecule has 0 bridgehead atoms. The van der Waals surface area contributed by atoms with Gasteiger partial charge in [0.15, 0.2) is 0 Å². The maximum Gasteiger partial charge on any atom is 0.243 e. The Bertz CT molecular complexity index is 993. The second-order valence-electron chi connectivity index (χ2n) is 8.50. The topological polar surface area (TPSA) is 37.4 Å². The highest BCUT2D eigenvalue weighted by molar-refractivity contribution is 7.89. The smallest absolute Gasteiger partial charge is 0.207 e. The Morgan fingerprint density at radius 3 is 1.57 bits per heavy atom. The fourth-order valence-corrected chi connectivity index (χ4v) is 8.20. The van der Waals surface area contributed by atoms with Gasteiger partial charge in [-0.3, -0.25) is 0 Å². The van der Waals surface area contributed by atoms with Crippen LogP contribution in [0.2, 0.25) is 0 Å². The number of sulfonamides is 1. The Labute approximate surface area is 182 Å². The lowest BCUT2D eigenvalue weighted by Crippen LogP contribution is -2.47. The Morgan fingerprint density at radius 2 is 1.17 bits per heavy atom. The van der Waals surface area contributed by atoms with E-state index in [2.05, 4.69) is 69.3 Å². The third-order valence-electron chi connectivity index (χ3n) is 5.35. The molecule has 158 valence electrons. The molecule has 0 saturated heterocycles. The fourth-order valence-electron chi connectivity index (χ4n) is 3.61. The predicted molar refractivity (Wildman–Crippen MR) is 129 cm³/mol. The molecule has 0 aliphatic heterocycles. The third-order valence-corrected chi connectivity index (χ3v) is 9.78. The van der Waals surface area contributed by atoms with Gasteiger partial charge in [0.05, 0.1) is 4.90 Å². The van der Waals surface area contributed by atoms with Crippen molar-refractivity contribution in [2.24, 2.45) is 5.41 Å². The molecule has 0 aromatic heterocycles. The van der Waals surface area contributed by atoms with Crippen molar-refractivity contribution in [3.63, 3.8) is 0 Å². The summed E-state index contributed by atoms with van der Waals surface area (Å²) in [5.74, 6) is 0. The van der Waals surface area contributed by atoms with Crippen molar-refractivity contribution in [2.45, 2.75) is 31.7 Å². The van der Waals surface area contributed by atoms with Crippen LogP contribution in [0.25, 0.3) is 0 Å². The van der Waals surface area contributed by atoms with Crippen LogP contribution in [-0.4, -0.2) is 32.0 Å². The van der Waals surface area contributed by atoms with E-state index < -0.39 is 17.9 Å². The van der Waals surface area contributed by atoms with E-state index in [0.29, 0.717) is 4.90 Å². The summed E-state index contributed by atoms with van der Waals surface area (Å²) in [6.07, 6.45) is 0.759. The first kappa shape index (κ1) is 22.7. The maximum atomic E-state index is 13.4. The molecule has 1 atom stereocenters. The minimum absolute atomic E-state index is 0.158. The standard InChI is InChI=1S/C25H30NO2PS/c1-25(2,3)24(26(4)30(27,28)23-18-12-7-13-19-23)20-29(21-14-8-5-9-15-21)22-16-10-6-11-17-22/h5-19,24H,20H2,1-4H3/t24-/m1/s1. The van der Waals surface area contributed by atoms with Crippen molar-refractivity contribution >= 4 is 28.6 Å². The number of hydrogen-bond acceptors (Lipinski definition) is 2. The van der Waals surface area contributed by atoms with Crippen LogP contribution in [0.4, 0.5) is 0 Å². The molecule has 0 saturated carbocycles. The molecule has 0 radical (unpaired) electrons. The van der Waals surface area contributed by atoms with Gasteiger partial charge >= 0.3 is 0 Å². The largest absolute Gasteiger partial charge is 0.243 e. The lowest BCUT2D eigenvalue weighted by Gasteiger charge is -2.39. The zero-order valence-corrected chi connectivity index (χ0v) is 19.8. The molecule has 0 aliphatic rings. The number of nitrogens with zero attached hydrogens (tertiary/aromatic N) is 1. The predicted octanol–water partition coefficient (Wildman–Crippen LogP) is 4.85. The molecule has 3 aromatic carbocycles. The first-order chi connectivity index (χ1) is 14.2. The van der Waals surface area contributed by atoms with Crippen LogP contribution >= 0.6 is 7.92 Å². The molecular formula is C25H30NO2PS. The summed E-state index contributed by atoms with van der Waals surface area (Å²) in [5, 5.41) is 2.52. The SMILES string of the molecule is CN([C@H](CP(c1ccccc1)c1ccccc1)C(C)(C)C)S(=O)(=O)c1ccccc1. The lowest BCUT2D eigenvalue weighted by atomic mass is 9.88. The van der Waals surface area contributed by atoms with Crippen LogP contribution < -0.4 is 10.6 Å². The highest BCUT2D eigenvalue weighted by Gasteiger charge is 2.37. The van der Waals surface area contributed by atoms with Crippen LogP contribution in [0.3, 0.4) is 0 Å². The number of benzene rings is 3. The highest BCUT2D eigenvalue weighted by Crippen LogP contribution is 2.40. The van der Waals surface area contributed by atoms with Crippen LogP contribution in [-0.2, 0) is 10.0 Å². The zero-order chi connectivity index (χ0) is 21.8. The molecule has 0 heterocycles. The van der Waals surface area contributed by atoms with E-state index in [1.54, 1.807) is 35.6 Å². The fraction of sp³-hybridized carbons (Fsp3) is 0.280. The van der Waals surface area contributed by atoms with Crippen molar-refractivity contribution in [2.75, 3.05) is 13.2 Å². The van der Waals surface area contributed by atoms with Crippen LogP contribution in [0.1, 0.15) is 20.8 Å². The van der Waals surface area contributed by atoms with Gasteiger partial charge < -0.3 is 0 Å². The Kier molecular flexibility index (Phi) is 7.13. The molecule has 0 unspecified atom stereocenters. The van der Waals surface area contributed by atoms with E-state index >= 15 is 0 Å². The van der Waals surface area contributed by atoms with Gasteiger partial charge in [0, 0.05) is 13.1 Å². The summed E-state index contributed by atoms with van der Waals surface area (Å²) in [7, 11) is -2.57. The molecular weight excluding hydrogens is 409 g/mol. The molecule has 0 N–H and O–H groups in total. The van der Waals surface area contributed by atoms with Crippen molar-refractivity contribution < 1.29 is 8.42 Å². The molecule has 0 fully saturated rings. The monoisotopic (exact) mass is 439 g/mol. The van der Waals surface area contributed by atoms with E-state index in [1.807, 2.05) is 18.2 Å². The summed E-state index contributed by atoms with van der Waals surface area (Å²) in [5.41, 5.74) is -0.221. The summed E-state index contributed by atoms with van der Waals surface area (Å²) in [6.45, 7) is 6.37. The second-order valence-corrected chi connectivity index (χ2v) is 12.7. The average molecular weight is 440 g/mol. The molecule has 3 rings (SSSR count). The molecule has 3 nitrogen and oxygen atoms in total. The third kappa shape index (κ3) is 5.18. The van der Waals surface area contributed by atoms with Crippen molar-refractivity contribution in [1.29, 1.82) is 0 Å². The first-order valence-corrected chi connectivity index (χ1v) is 13.1. The van der Waals surface area contributed by atoms with E-state index in [4.69, 9.17) is 0 Å². The minimum Gasteiger partial charge on any atom is -0.207 e. The minimum atomic E-state index is -3.59. The van der Waals surface area contributed by atoms with Crippen molar-refractivity contribution in [3.05, 3.63) is 91.0 Å². The first-order valence-electron chi connectivity index (χ1n) is 10.1. The van der Waals surface area contributed by atoms with Crippen molar-refractivity contribution in [1.82, 2.24) is 4.31 Å². The summed E-state index contributed by atoms with van der Waals surface area (Å²) in [6, 6.07) is 29.5. The van der Waals surface area contributed by atoms with Gasteiger partial charge in [-0.2, -0.15) is 4.31 Å². The van der Waals surface area contributed by atoms with Gasteiger partial charge in [-0.15, -0.1) is 0 Å². The van der Waals surface area contributed by atoms with E-state index in [1.165, 1.54) is 10.6 Å². The molecule has 30 heavy (non-hydrogen) atoms. The molecule has 0 spiro atoms. The Hall–Kier alpha value is -2.00. The summed E-state index contributed by atoms with van der Waals surface area (Å²) >= 11 is 0. The van der Waals surface area contributed by atoms with Gasteiger partial charge in [-0.1, -0.05) is 99.6 Å². The van der Waals surface area contributed by atoms with Gasteiger partial charge in [0.25, 0.3) is 0 Å². The van der Waals surface area contributed by atoms with Crippen LogP contribution in [0.15, 0.2) is 95.9 Å². The second kappa shape index (κ2) is 9.43. The quantitative estimate of drug-likeness (QED) is 0.494. The Morgan fingerprint density at radius 1 is 0.767 bits per heavy atom. The summed E-state index contributed by atoms with van der Waals surface area (Å²) < 4.78 is 28.4. The van der Waals surface area contributed by atoms with E-state index in [0.717, 1.165) is 6.16 Å². The Balaban J connectivity index is 2.02. The van der Waals surface area contributed by atoms with Crippen molar-refractivity contribution in [3.8, 4) is 0 Å². The van der Waals surface area contributed by atoms with E-state index in [9.17, 15) is 8.42 Å². The van der Waals surface area contributed by atoms with Crippen LogP contribution in [0, 0.1) is 5.41 Å². The van der Waals surface area contributed by atoms with Gasteiger partial charge in [-0.25, -0.2) is 8.42 Å². The van der Waals surface area contributed by atoms with Gasteiger partial charge in [0.2, 0.25) is 10.0 Å². The maximum absolute atomic E-state index is 13.4. The number of hydrogen-bond donors (Lipinski definition) is 0. The van der Waals surface area contributed by atoms with Gasteiger partial charge in [-0.05, 0) is 42.2 Å². The average Bonchev–Trinajstić information content (AvgIpc) is 2.75. The zero-order valence-electron chi connectivity index (χ0n) is 18.1. The molecule has 0 amide bonds. The molecule has 5 heteroatoms. The molecule has 3 aromatic rings. The normalized spacial score (nSPS) is 13.5. The lowest BCUT2D eigenvalue weighted by molar-refractivity contribution is 0.220. The highest BCUT2D eigenvalue weighted by atomic mass is 32.2.